The molecule has 0 fully saturated rings. The van der Waals surface area contributed by atoms with Gasteiger partial charge < -0.3 is 10.6 Å². The van der Waals surface area contributed by atoms with Gasteiger partial charge in [0.05, 0.1) is 5.01 Å². The highest BCUT2D eigenvalue weighted by Gasteiger charge is 2.05. The van der Waals surface area contributed by atoms with Crippen molar-refractivity contribution in [3.8, 4) is 0 Å². The van der Waals surface area contributed by atoms with Crippen LogP contribution in [0.4, 0.5) is 0 Å². The number of hydrogen-bond donors (Lipinski definition) is 2. The van der Waals surface area contributed by atoms with Crippen LogP contribution >= 0.6 is 35.3 Å². The molecule has 4 nitrogen and oxygen atoms in total. The van der Waals surface area contributed by atoms with Crippen molar-refractivity contribution in [1.82, 2.24) is 15.6 Å². The molecule has 0 saturated heterocycles. The van der Waals surface area contributed by atoms with Crippen LogP contribution in [0.5, 0.6) is 0 Å². The third kappa shape index (κ3) is 7.65. The van der Waals surface area contributed by atoms with Gasteiger partial charge in [-0.2, -0.15) is 0 Å². The monoisotopic (exact) mass is 448 g/mol. The lowest BCUT2D eigenvalue weighted by Crippen LogP contribution is -2.38. The number of nitrogens with one attached hydrogen (secondary N) is 2. The highest BCUT2D eigenvalue weighted by molar-refractivity contribution is 14.0. The quantitative estimate of drug-likeness (QED) is 0.288. The van der Waals surface area contributed by atoms with Gasteiger partial charge in [-0.15, -0.1) is 35.3 Å². The predicted octanol–water partition coefficient (Wildman–Crippen LogP) is 3.92. The Morgan fingerprint density at radius 2 is 2.04 bits per heavy atom. The molecule has 0 radical (unpaired) electrons. The lowest BCUT2D eigenvalue weighted by atomic mass is 9.97. The number of aryl methyl sites for hydroxylation is 1. The lowest BCUT2D eigenvalue weighted by Gasteiger charge is -2.15. The van der Waals surface area contributed by atoms with Crippen molar-refractivity contribution in [3.63, 3.8) is 0 Å². The van der Waals surface area contributed by atoms with E-state index in [1.807, 2.05) is 24.6 Å². The van der Waals surface area contributed by atoms with E-state index in [9.17, 15) is 0 Å². The van der Waals surface area contributed by atoms with Gasteiger partial charge in [-0.05, 0) is 38.5 Å². The Hall–Kier alpha value is -0.630. The van der Waals surface area contributed by atoms with Crippen LogP contribution in [0, 0.1) is 0 Å². The zero-order chi connectivity index (χ0) is 15.6. The Kier molecular flexibility index (Phi) is 10.5. The number of hydrogen-bond acceptors (Lipinski definition) is 3. The number of halogens is 1. The van der Waals surface area contributed by atoms with Crippen molar-refractivity contribution < 1.29 is 0 Å². The maximum absolute atomic E-state index is 4.44. The molecule has 0 atom stereocenters. The molecule has 0 aliphatic heterocycles. The number of guanidine groups is 1. The predicted molar refractivity (Wildman–Crippen MR) is 111 cm³/mol. The largest absolute Gasteiger partial charge is 0.356 e. The molecule has 1 aromatic heterocycles. The van der Waals surface area contributed by atoms with Gasteiger partial charge in [0.1, 0.15) is 0 Å². The number of aromatic nitrogens is 1. The van der Waals surface area contributed by atoms with E-state index in [0.29, 0.717) is 0 Å². The molecule has 0 unspecified atom stereocenters. The second-order valence-corrected chi connectivity index (χ2v) is 6.81. The van der Waals surface area contributed by atoms with E-state index in [1.165, 1.54) is 35.6 Å². The Balaban J connectivity index is 0.00000264. The first-order valence-electron chi connectivity index (χ1n) is 8.37. The third-order valence-electron chi connectivity index (χ3n) is 3.93. The van der Waals surface area contributed by atoms with E-state index < -0.39 is 0 Å². The summed E-state index contributed by atoms with van der Waals surface area (Å²) in [5.41, 5.74) is 1.60. The smallest absolute Gasteiger partial charge is 0.191 e. The molecule has 1 aliphatic carbocycles. The van der Waals surface area contributed by atoms with Crippen LogP contribution in [0.2, 0.25) is 0 Å². The molecule has 2 N–H and O–H groups in total. The number of rotatable bonds is 7. The van der Waals surface area contributed by atoms with E-state index in [1.54, 1.807) is 5.57 Å². The molecular weight excluding hydrogens is 419 g/mol. The van der Waals surface area contributed by atoms with E-state index >= 15 is 0 Å². The average molecular weight is 448 g/mol. The number of thiazole rings is 1. The van der Waals surface area contributed by atoms with Crippen LogP contribution in [0.1, 0.15) is 48.9 Å². The SMILES string of the molecule is CCc1cnc(CCNC(=NC)NCCC2=CCCCC2)s1.I. The number of allylic oxidation sites excluding steroid dienone is 1. The van der Waals surface area contributed by atoms with Crippen LogP contribution in [0.3, 0.4) is 0 Å². The summed E-state index contributed by atoms with van der Waals surface area (Å²) in [5, 5.41) is 7.97. The summed E-state index contributed by atoms with van der Waals surface area (Å²) in [6, 6.07) is 0. The van der Waals surface area contributed by atoms with Gasteiger partial charge in [0.25, 0.3) is 0 Å². The fraction of sp³-hybridized carbons (Fsp3) is 0.647. The molecule has 0 bridgehead atoms. The Morgan fingerprint density at radius 1 is 1.26 bits per heavy atom. The summed E-state index contributed by atoms with van der Waals surface area (Å²) in [6.07, 6.45) is 12.8. The van der Waals surface area contributed by atoms with E-state index in [4.69, 9.17) is 0 Å². The molecule has 1 aromatic rings. The summed E-state index contributed by atoms with van der Waals surface area (Å²) in [6.45, 7) is 4.00. The van der Waals surface area contributed by atoms with Crippen molar-refractivity contribution in [2.24, 2.45) is 4.99 Å². The van der Waals surface area contributed by atoms with Gasteiger partial charge in [-0.3, -0.25) is 4.99 Å². The van der Waals surface area contributed by atoms with Gasteiger partial charge in [0.2, 0.25) is 0 Å². The first-order chi connectivity index (χ1) is 10.8. The first kappa shape index (κ1) is 20.4. The van der Waals surface area contributed by atoms with Crippen LogP contribution in [-0.2, 0) is 12.8 Å². The van der Waals surface area contributed by atoms with Gasteiger partial charge in [-0.1, -0.05) is 18.6 Å². The zero-order valence-corrected chi connectivity index (χ0v) is 17.4. The Labute approximate surface area is 161 Å². The summed E-state index contributed by atoms with van der Waals surface area (Å²) >= 11 is 1.81. The van der Waals surface area contributed by atoms with Crippen LogP contribution in [-0.4, -0.2) is 31.1 Å². The Morgan fingerprint density at radius 3 is 2.65 bits per heavy atom. The minimum Gasteiger partial charge on any atom is -0.356 e. The fourth-order valence-corrected chi connectivity index (χ4v) is 3.47. The van der Waals surface area contributed by atoms with Crippen molar-refractivity contribution in [2.75, 3.05) is 20.1 Å². The van der Waals surface area contributed by atoms with Crippen molar-refractivity contribution >= 4 is 41.3 Å². The molecule has 23 heavy (non-hydrogen) atoms. The molecule has 0 amide bonds. The van der Waals surface area contributed by atoms with E-state index in [2.05, 4.69) is 33.6 Å². The van der Waals surface area contributed by atoms with Gasteiger partial charge in [0.15, 0.2) is 5.96 Å². The molecule has 2 rings (SSSR count). The summed E-state index contributed by atoms with van der Waals surface area (Å²) in [5.74, 6) is 0.892. The lowest BCUT2D eigenvalue weighted by molar-refractivity contribution is 0.665. The fourth-order valence-electron chi connectivity index (χ4n) is 2.61. The number of aliphatic imine (C=N–C) groups is 1. The zero-order valence-electron chi connectivity index (χ0n) is 14.2. The normalized spacial score (nSPS) is 14.9. The summed E-state index contributed by atoms with van der Waals surface area (Å²) < 4.78 is 0. The molecule has 6 heteroatoms. The molecule has 0 aromatic carbocycles. The van der Waals surface area contributed by atoms with E-state index in [-0.39, 0.29) is 24.0 Å². The number of nitrogens with zero attached hydrogens (tertiary/aromatic N) is 2. The standard InChI is InChI=1S/C17H28N4S.HI/c1-3-15-13-21-16(22-15)10-12-20-17(18-2)19-11-9-14-7-5-4-6-8-14;/h7,13H,3-6,8-12H2,1-2H3,(H2,18,19,20);1H. The van der Waals surface area contributed by atoms with Crippen molar-refractivity contribution in [1.29, 1.82) is 0 Å². The second-order valence-electron chi connectivity index (χ2n) is 5.61. The van der Waals surface area contributed by atoms with Gasteiger partial charge in [0, 0.05) is 37.6 Å². The average Bonchev–Trinajstić information content (AvgIpc) is 3.02. The van der Waals surface area contributed by atoms with E-state index in [0.717, 1.165) is 38.3 Å². The summed E-state index contributed by atoms with van der Waals surface area (Å²) in [4.78, 5) is 10.1. The first-order valence-corrected chi connectivity index (χ1v) is 9.19. The maximum atomic E-state index is 4.44. The highest BCUT2D eigenvalue weighted by atomic mass is 127. The molecule has 1 aliphatic rings. The molecular formula is C17H29IN4S. The molecule has 1 heterocycles. The van der Waals surface area contributed by atoms with Crippen molar-refractivity contribution in [3.05, 3.63) is 27.7 Å². The molecule has 130 valence electrons. The minimum absolute atomic E-state index is 0. The van der Waals surface area contributed by atoms with Crippen LogP contribution in [0.15, 0.2) is 22.8 Å². The third-order valence-corrected chi connectivity index (χ3v) is 5.13. The van der Waals surface area contributed by atoms with Gasteiger partial charge >= 0.3 is 0 Å². The molecule has 0 spiro atoms. The second kappa shape index (κ2) is 11.8. The van der Waals surface area contributed by atoms with Crippen molar-refractivity contribution in [2.45, 2.75) is 51.9 Å². The van der Waals surface area contributed by atoms with Gasteiger partial charge in [-0.25, -0.2) is 4.98 Å². The Bertz CT molecular complexity index is 510. The molecule has 0 saturated carbocycles. The topological polar surface area (TPSA) is 49.3 Å². The minimum atomic E-state index is 0. The maximum Gasteiger partial charge on any atom is 0.191 e. The summed E-state index contributed by atoms with van der Waals surface area (Å²) in [7, 11) is 1.83. The highest BCUT2D eigenvalue weighted by Crippen LogP contribution is 2.19. The van der Waals surface area contributed by atoms with Crippen LogP contribution < -0.4 is 10.6 Å². The van der Waals surface area contributed by atoms with Crippen LogP contribution in [0.25, 0.3) is 0 Å².